The zero-order valence-electron chi connectivity index (χ0n) is 9.25. The molecule has 1 aromatic carbocycles. The monoisotopic (exact) mass is 260 g/mol. The zero-order chi connectivity index (χ0) is 13.2. The van der Waals surface area contributed by atoms with Crippen molar-refractivity contribution in [3.8, 4) is 5.75 Å². The summed E-state index contributed by atoms with van der Waals surface area (Å²) < 4.78 is 32.9. The summed E-state index contributed by atoms with van der Waals surface area (Å²) in [6.45, 7) is 3.11. The molecule has 0 spiro atoms. The summed E-state index contributed by atoms with van der Waals surface area (Å²) in [6, 6.07) is 4.58. The zero-order valence-corrected chi connectivity index (χ0v) is 10.1. The van der Waals surface area contributed by atoms with E-state index in [1.807, 2.05) is 0 Å². The summed E-state index contributed by atoms with van der Waals surface area (Å²) in [6.07, 6.45) is 0. The predicted octanol–water partition coefficient (Wildman–Crippen LogP) is 1.15. The van der Waals surface area contributed by atoms with Gasteiger partial charge in [-0.1, -0.05) is 12.1 Å². The van der Waals surface area contributed by atoms with Gasteiger partial charge < -0.3 is 9.29 Å². The van der Waals surface area contributed by atoms with Crippen LogP contribution in [-0.2, 0) is 19.4 Å². The highest BCUT2D eigenvalue weighted by Gasteiger charge is 2.24. The Kier molecular flexibility index (Phi) is 3.74. The van der Waals surface area contributed by atoms with E-state index < -0.39 is 22.3 Å². The second-order valence-electron chi connectivity index (χ2n) is 3.61. The molecule has 0 aliphatic rings. The van der Waals surface area contributed by atoms with Gasteiger partial charge in [-0.05, 0) is 25.5 Å². The van der Waals surface area contributed by atoms with Crippen LogP contribution < -0.4 is 0 Å². The summed E-state index contributed by atoms with van der Waals surface area (Å²) in [5.74, 6) is -2.30. The molecule has 0 heterocycles. The number of hydrogen-bond acceptors (Lipinski definition) is 5. The molecular formula is C10H12O6S. The van der Waals surface area contributed by atoms with E-state index in [4.69, 9.17) is 4.55 Å². The van der Waals surface area contributed by atoms with Gasteiger partial charge >= 0.3 is 16.4 Å². The van der Waals surface area contributed by atoms with E-state index in [-0.39, 0.29) is 11.3 Å². The van der Waals surface area contributed by atoms with E-state index in [1.54, 1.807) is 13.0 Å². The molecule has 0 bridgehead atoms. The van der Waals surface area contributed by atoms with E-state index >= 15 is 0 Å². The number of phenolic OH excluding ortho intramolecular Hbond substituents is 1. The Morgan fingerprint density at radius 2 is 2.00 bits per heavy atom. The van der Waals surface area contributed by atoms with Crippen molar-refractivity contribution in [2.24, 2.45) is 0 Å². The summed E-state index contributed by atoms with van der Waals surface area (Å²) in [5.41, 5.74) is 1.02. The van der Waals surface area contributed by atoms with Crippen LogP contribution in [0.15, 0.2) is 18.2 Å². The number of rotatable bonds is 3. The molecule has 0 saturated carbocycles. The molecule has 0 fully saturated rings. The average Bonchev–Trinajstić information content (AvgIpc) is 2.14. The van der Waals surface area contributed by atoms with Crippen LogP contribution in [0.4, 0.5) is 0 Å². The van der Waals surface area contributed by atoms with Crippen molar-refractivity contribution >= 4 is 16.4 Å². The van der Waals surface area contributed by atoms with Crippen LogP contribution in [0.2, 0.25) is 0 Å². The van der Waals surface area contributed by atoms with Gasteiger partial charge in [0.2, 0.25) is 0 Å². The number of carbonyl (C=O) groups is 1. The number of carbonyl (C=O) groups excluding carboxylic acids is 1. The Bertz CT molecular complexity index is 534. The lowest BCUT2D eigenvalue weighted by atomic mass is 9.99. The molecule has 0 saturated heterocycles. The Hall–Kier alpha value is -1.60. The molecule has 0 aliphatic heterocycles. The van der Waals surface area contributed by atoms with Crippen LogP contribution in [0.1, 0.15) is 24.0 Å². The Morgan fingerprint density at radius 1 is 1.41 bits per heavy atom. The van der Waals surface area contributed by atoms with Gasteiger partial charge in [-0.2, -0.15) is 8.42 Å². The first-order valence-electron chi connectivity index (χ1n) is 4.71. The van der Waals surface area contributed by atoms with Crippen LogP contribution in [-0.4, -0.2) is 24.0 Å². The van der Waals surface area contributed by atoms with Crippen LogP contribution in [0.25, 0.3) is 0 Å². The first kappa shape index (κ1) is 13.5. The Morgan fingerprint density at radius 3 is 2.47 bits per heavy atom. The van der Waals surface area contributed by atoms with E-state index in [1.165, 1.54) is 19.1 Å². The summed E-state index contributed by atoms with van der Waals surface area (Å²) >= 11 is 0. The highest BCUT2D eigenvalue weighted by molar-refractivity contribution is 7.81. The quantitative estimate of drug-likeness (QED) is 0.790. The van der Waals surface area contributed by atoms with Crippen molar-refractivity contribution in [3.63, 3.8) is 0 Å². The van der Waals surface area contributed by atoms with Crippen LogP contribution in [0, 0.1) is 6.92 Å². The molecule has 17 heavy (non-hydrogen) atoms. The van der Waals surface area contributed by atoms with E-state index in [9.17, 15) is 18.3 Å². The highest BCUT2D eigenvalue weighted by atomic mass is 32.3. The fraction of sp³-hybridized carbons (Fsp3) is 0.300. The van der Waals surface area contributed by atoms with Gasteiger partial charge in [0.25, 0.3) is 0 Å². The van der Waals surface area contributed by atoms with Crippen LogP contribution >= 0.6 is 0 Å². The third-order valence-electron chi connectivity index (χ3n) is 2.19. The van der Waals surface area contributed by atoms with E-state index in [0.29, 0.717) is 0 Å². The number of aromatic hydroxyl groups is 1. The largest absolute Gasteiger partial charge is 0.508 e. The summed E-state index contributed by atoms with van der Waals surface area (Å²) in [7, 11) is -4.83. The van der Waals surface area contributed by atoms with E-state index in [2.05, 4.69) is 4.18 Å². The van der Waals surface area contributed by atoms with Gasteiger partial charge in [-0.15, -0.1) is 0 Å². The molecule has 0 amide bonds. The topological polar surface area (TPSA) is 101 Å². The normalized spacial score (nSPS) is 13.1. The fourth-order valence-corrected chi connectivity index (χ4v) is 1.67. The van der Waals surface area contributed by atoms with Crippen molar-refractivity contribution in [2.75, 3.05) is 0 Å². The Labute approximate surface area is 98.8 Å². The van der Waals surface area contributed by atoms with Gasteiger partial charge in [-0.3, -0.25) is 9.35 Å². The smallest absolute Gasteiger partial charge is 0.448 e. The van der Waals surface area contributed by atoms with Crippen LogP contribution in [0.5, 0.6) is 5.75 Å². The minimum absolute atomic E-state index is 0.134. The molecule has 6 nitrogen and oxygen atoms in total. The standard InChI is InChI=1S/C10H12O6S/c1-6-3-4-8(9(11)5-6)7(2)10(12)16-17(13,14)15/h3-5,7,11H,1-2H3,(H,13,14,15). The van der Waals surface area contributed by atoms with Crippen LogP contribution in [0.3, 0.4) is 0 Å². The van der Waals surface area contributed by atoms with Gasteiger partial charge in [0.15, 0.2) is 0 Å². The summed E-state index contributed by atoms with van der Waals surface area (Å²) in [4.78, 5) is 11.3. The molecular weight excluding hydrogens is 248 g/mol. The van der Waals surface area contributed by atoms with E-state index in [0.717, 1.165) is 5.56 Å². The third kappa shape index (κ3) is 3.72. The second kappa shape index (κ2) is 4.72. The first-order valence-corrected chi connectivity index (χ1v) is 6.07. The van der Waals surface area contributed by atoms with Crippen molar-refractivity contribution < 1.29 is 27.1 Å². The lowest BCUT2D eigenvalue weighted by Gasteiger charge is -2.11. The minimum Gasteiger partial charge on any atom is -0.508 e. The van der Waals surface area contributed by atoms with Crippen molar-refractivity contribution in [1.82, 2.24) is 0 Å². The van der Waals surface area contributed by atoms with Gasteiger partial charge in [0.1, 0.15) is 5.75 Å². The SMILES string of the molecule is Cc1ccc(C(C)C(=O)OS(=O)(=O)O)c(O)c1. The predicted molar refractivity (Wildman–Crippen MR) is 58.9 cm³/mol. The number of phenols is 1. The number of aryl methyl sites for hydroxylation is 1. The molecule has 1 rings (SSSR count). The highest BCUT2D eigenvalue weighted by Crippen LogP contribution is 2.27. The molecule has 1 aromatic rings. The maximum atomic E-state index is 11.3. The fourth-order valence-electron chi connectivity index (χ4n) is 1.32. The molecule has 0 radical (unpaired) electrons. The average molecular weight is 260 g/mol. The second-order valence-corrected chi connectivity index (χ2v) is 4.64. The van der Waals surface area contributed by atoms with Crippen molar-refractivity contribution in [3.05, 3.63) is 29.3 Å². The van der Waals surface area contributed by atoms with Gasteiger partial charge in [-0.25, -0.2) is 0 Å². The molecule has 1 atom stereocenters. The first-order chi connectivity index (χ1) is 7.70. The minimum atomic E-state index is -4.83. The van der Waals surface area contributed by atoms with Crippen molar-refractivity contribution in [1.29, 1.82) is 0 Å². The number of hydrogen-bond donors (Lipinski definition) is 2. The molecule has 94 valence electrons. The maximum Gasteiger partial charge on any atom is 0.448 e. The third-order valence-corrected chi connectivity index (χ3v) is 2.57. The van der Waals surface area contributed by atoms with Crippen molar-refractivity contribution in [2.45, 2.75) is 19.8 Å². The molecule has 7 heteroatoms. The lowest BCUT2D eigenvalue weighted by molar-refractivity contribution is -0.135. The molecule has 0 aromatic heterocycles. The molecule has 1 unspecified atom stereocenters. The Balaban J connectivity index is 2.97. The van der Waals surface area contributed by atoms with Gasteiger partial charge in [0, 0.05) is 5.56 Å². The van der Waals surface area contributed by atoms with Gasteiger partial charge in [0.05, 0.1) is 5.92 Å². The summed E-state index contributed by atoms with van der Waals surface area (Å²) in [5, 5.41) is 9.59. The number of benzene rings is 1. The maximum absolute atomic E-state index is 11.3. The molecule has 2 N–H and O–H groups in total. The lowest BCUT2D eigenvalue weighted by Crippen LogP contribution is -2.17. The molecule has 0 aliphatic carbocycles.